The topological polar surface area (TPSA) is 63.5 Å². The predicted octanol–water partition coefficient (Wildman–Crippen LogP) is 3.47. The highest BCUT2D eigenvalue weighted by atomic mass is 16.1. The molecular formula is C30H32N6O. The number of carbonyl (C=O) groups is 1. The molecule has 7 nitrogen and oxygen atoms in total. The number of nitrogens with zero attached hydrogens (tertiary/aromatic N) is 5. The van der Waals surface area contributed by atoms with Crippen LogP contribution in [0.25, 0.3) is 0 Å². The quantitative estimate of drug-likeness (QED) is 0.667. The van der Waals surface area contributed by atoms with Crippen LogP contribution >= 0.6 is 0 Å². The van der Waals surface area contributed by atoms with Crippen molar-refractivity contribution in [1.29, 1.82) is 0 Å². The van der Waals surface area contributed by atoms with E-state index < -0.39 is 0 Å². The molecule has 0 spiro atoms. The third-order valence-corrected chi connectivity index (χ3v) is 7.78. The van der Waals surface area contributed by atoms with Crippen LogP contribution in [0.15, 0.2) is 58.6 Å². The fourth-order valence-electron chi connectivity index (χ4n) is 5.55. The number of carbonyl (C=O) groups excluding carboxylic acids is 1. The van der Waals surface area contributed by atoms with Gasteiger partial charge in [0.25, 0.3) is 5.91 Å². The molecule has 0 saturated carbocycles. The first-order valence-electron chi connectivity index (χ1n) is 13.1. The van der Waals surface area contributed by atoms with Gasteiger partial charge in [0.05, 0.1) is 6.54 Å². The zero-order chi connectivity index (χ0) is 25.4. The van der Waals surface area contributed by atoms with Crippen LogP contribution in [-0.4, -0.2) is 78.6 Å². The second-order valence-corrected chi connectivity index (χ2v) is 10.2. The molecule has 1 N–H and O–H groups in total. The van der Waals surface area contributed by atoms with Crippen LogP contribution in [0, 0.1) is 18.8 Å². The second-order valence-electron chi connectivity index (χ2n) is 10.2. The highest BCUT2D eigenvalue weighted by Crippen LogP contribution is 2.36. The minimum Gasteiger partial charge on any atom is -0.322 e. The number of amides is 1. The highest BCUT2D eigenvalue weighted by Gasteiger charge is 2.30. The van der Waals surface area contributed by atoms with E-state index in [1.165, 1.54) is 11.1 Å². The van der Waals surface area contributed by atoms with Crippen LogP contribution in [0.5, 0.6) is 0 Å². The number of rotatable bonds is 3. The van der Waals surface area contributed by atoms with Gasteiger partial charge in [0, 0.05) is 55.2 Å². The van der Waals surface area contributed by atoms with Crippen molar-refractivity contribution in [1.82, 2.24) is 14.8 Å². The van der Waals surface area contributed by atoms with Crippen LogP contribution in [0.2, 0.25) is 0 Å². The lowest BCUT2D eigenvalue weighted by Crippen LogP contribution is -2.45. The van der Waals surface area contributed by atoms with E-state index in [1.54, 1.807) is 6.21 Å². The van der Waals surface area contributed by atoms with E-state index in [0.29, 0.717) is 18.2 Å². The Labute approximate surface area is 218 Å². The van der Waals surface area contributed by atoms with Gasteiger partial charge in [-0.3, -0.25) is 14.7 Å². The number of aliphatic imine (C=N–C) groups is 1. The molecule has 6 rings (SSSR count). The van der Waals surface area contributed by atoms with E-state index in [-0.39, 0.29) is 11.9 Å². The van der Waals surface area contributed by atoms with Gasteiger partial charge in [-0.05, 0) is 79.9 Å². The summed E-state index contributed by atoms with van der Waals surface area (Å²) in [5.41, 5.74) is 6.11. The summed E-state index contributed by atoms with van der Waals surface area (Å²) in [4.78, 5) is 22.6. The normalized spacial score (nSPS) is 22.8. The first kappa shape index (κ1) is 23.7. The lowest BCUT2D eigenvalue weighted by Gasteiger charge is -2.36. The average molecular weight is 493 g/mol. The maximum Gasteiger partial charge on any atom is 0.255 e. The number of anilines is 1. The molecule has 3 heterocycles. The third-order valence-electron chi connectivity index (χ3n) is 7.78. The number of hydrogen-bond donors (Lipinski definition) is 1. The van der Waals surface area contributed by atoms with Gasteiger partial charge >= 0.3 is 0 Å². The fraction of sp³-hybridized carbons (Fsp3) is 0.367. The minimum absolute atomic E-state index is 0.0741. The summed E-state index contributed by atoms with van der Waals surface area (Å²) >= 11 is 0. The smallest absolute Gasteiger partial charge is 0.255 e. The van der Waals surface area contributed by atoms with Gasteiger partial charge in [0.1, 0.15) is 11.9 Å². The molecule has 0 radical (unpaired) electrons. The van der Waals surface area contributed by atoms with Crippen LogP contribution in [-0.2, 0) is 6.42 Å². The van der Waals surface area contributed by atoms with E-state index in [4.69, 9.17) is 0 Å². The summed E-state index contributed by atoms with van der Waals surface area (Å²) in [7, 11) is 2.19. The van der Waals surface area contributed by atoms with Crippen molar-refractivity contribution >= 4 is 23.6 Å². The Morgan fingerprint density at radius 3 is 2.84 bits per heavy atom. The van der Waals surface area contributed by atoms with E-state index in [1.807, 2.05) is 48.4 Å². The molecule has 37 heavy (non-hydrogen) atoms. The van der Waals surface area contributed by atoms with Gasteiger partial charge in [0.15, 0.2) is 0 Å². The molecule has 1 unspecified atom stereocenters. The predicted molar refractivity (Wildman–Crippen MR) is 148 cm³/mol. The molecule has 2 atom stereocenters. The number of aryl methyl sites for hydroxylation is 2. The summed E-state index contributed by atoms with van der Waals surface area (Å²) < 4.78 is 0. The van der Waals surface area contributed by atoms with E-state index in [2.05, 4.69) is 56.2 Å². The molecule has 3 aliphatic heterocycles. The monoisotopic (exact) mass is 492 g/mol. The Hall–Kier alpha value is -3.73. The number of benzene rings is 2. The van der Waals surface area contributed by atoms with Crippen LogP contribution in [0.1, 0.15) is 45.1 Å². The zero-order valence-electron chi connectivity index (χ0n) is 21.4. The van der Waals surface area contributed by atoms with E-state index >= 15 is 0 Å². The second kappa shape index (κ2) is 9.97. The Balaban J connectivity index is 1.14. The van der Waals surface area contributed by atoms with Crippen LogP contribution in [0.3, 0.4) is 0 Å². The van der Waals surface area contributed by atoms with Crippen molar-refractivity contribution < 1.29 is 4.79 Å². The minimum atomic E-state index is -0.0862. The van der Waals surface area contributed by atoms with Gasteiger partial charge in [-0.25, -0.2) is 5.01 Å². The number of hydrazone groups is 1. The first-order chi connectivity index (χ1) is 18.0. The number of amidine groups is 1. The molecule has 7 heteroatoms. The molecule has 1 fully saturated rings. The maximum absolute atomic E-state index is 13.1. The maximum atomic E-state index is 13.1. The van der Waals surface area contributed by atoms with Gasteiger partial charge in [-0.1, -0.05) is 24.0 Å². The first-order valence-corrected chi connectivity index (χ1v) is 13.1. The van der Waals surface area contributed by atoms with Crippen molar-refractivity contribution in [2.75, 3.05) is 45.1 Å². The summed E-state index contributed by atoms with van der Waals surface area (Å²) in [6.07, 6.45) is 7.75. The van der Waals surface area contributed by atoms with Gasteiger partial charge in [-0.2, -0.15) is 5.10 Å². The zero-order valence-corrected chi connectivity index (χ0v) is 21.4. The molecule has 2 aromatic rings. The molecule has 1 saturated heterocycles. The molecule has 188 valence electrons. The van der Waals surface area contributed by atoms with E-state index in [9.17, 15) is 4.79 Å². The number of likely N-dealkylation sites (N-methyl/N-ethyl adjacent to an activating group) is 1. The number of piperazine rings is 1. The molecule has 1 amide bonds. The van der Waals surface area contributed by atoms with Crippen molar-refractivity contribution in [3.05, 3.63) is 76.4 Å². The fourth-order valence-corrected chi connectivity index (χ4v) is 5.55. The summed E-state index contributed by atoms with van der Waals surface area (Å²) in [6, 6.07) is 12.5. The van der Waals surface area contributed by atoms with Gasteiger partial charge in [-0.15, -0.1) is 0 Å². The van der Waals surface area contributed by atoms with Gasteiger partial charge < -0.3 is 10.2 Å². The lowest BCUT2D eigenvalue weighted by atomic mass is 10.0. The largest absolute Gasteiger partial charge is 0.322 e. The Bertz CT molecular complexity index is 1370. The van der Waals surface area contributed by atoms with Crippen molar-refractivity contribution in [2.45, 2.75) is 31.8 Å². The highest BCUT2D eigenvalue weighted by molar-refractivity contribution is 6.04. The Kier molecular flexibility index (Phi) is 6.37. The van der Waals surface area contributed by atoms with Crippen molar-refractivity contribution in [2.24, 2.45) is 10.1 Å². The lowest BCUT2D eigenvalue weighted by molar-refractivity contribution is 0.102. The molecule has 4 aliphatic rings. The Morgan fingerprint density at radius 1 is 1.11 bits per heavy atom. The number of allylic oxidation sites excluding steroid dienone is 1. The summed E-state index contributed by atoms with van der Waals surface area (Å²) in [5, 5.41) is 9.32. The number of fused-ring (bicyclic) bond motifs is 2. The molecule has 1 aliphatic carbocycles. The third kappa shape index (κ3) is 4.83. The molecule has 0 bridgehead atoms. The van der Waals surface area contributed by atoms with E-state index in [0.717, 1.165) is 61.7 Å². The van der Waals surface area contributed by atoms with Gasteiger partial charge in [0.2, 0.25) is 0 Å². The van der Waals surface area contributed by atoms with Crippen LogP contribution < -0.4 is 5.32 Å². The number of hydrogen-bond acceptors (Lipinski definition) is 6. The molecule has 2 aromatic carbocycles. The number of nitrogens with one attached hydrogen (secondary N) is 1. The van der Waals surface area contributed by atoms with Crippen molar-refractivity contribution in [3.8, 4) is 11.8 Å². The molecule has 0 aromatic heterocycles. The summed E-state index contributed by atoms with van der Waals surface area (Å²) in [5.74, 6) is 7.36. The molecular weight excluding hydrogens is 460 g/mol. The van der Waals surface area contributed by atoms with Crippen molar-refractivity contribution in [3.63, 3.8) is 0 Å². The Morgan fingerprint density at radius 2 is 1.97 bits per heavy atom. The van der Waals surface area contributed by atoms with Crippen LogP contribution in [0.4, 0.5) is 5.69 Å². The average Bonchev–Trinajstić information content (AvgIpc) is 3.53. The SMILES string of the molecule is Cc1ccc(NC(=O)c2ccc3c(c2)CC[C@@H]3N2CCN(C)CC2)cc1C#CC1CN=C2C=CC=NN21. The standard InChI is InChI=1S/C30H32N6O/c1-21-5-9-25(19-22(21)6-10-26-20-31-29-4-3-13-32-36(26)29)33-30(37)24-7-11-27-23(18-24)8-12-28(27)35-16-14-34(2)15-17-35/h3-5,7,9,11,13,18-19,26,28H,8,12,14-17,20H2,1-2H3,(H,33,37)/t26?,28-/m0/s1. The summed E-state index contributed by atoms with van der Waals surface area (Å²) in [6.45, 7) is 7.10.